The van der Waals surface area contributed by atoms with Crippen molar-refractivity contribution in [1.29, 1.82) is 0 Å². The largest absolute Gasteiger partial charge is 0.466 e. The normalized spacial score (nSPS) is 19.3. The van der Waals surface area contributed by atoms with Crippen LogP contribution in [-0.4, -0.2) is 13.1 Å². The number of ether oxygens (including phenoxy) is 1. The van der Waals surface area contributed by atoms with Crippen LogP contribution in [-0.2, 0) is 9.53 Å². The maximum atomic E-state index is 12.0. The van der Waals surface area contributed by atoms with E-state index in [0.29, 0.717) is 10.6 Å². The summed E-state index contributed by atoms with van der Waals surface area (Å²) in [7, 11) is 1.38. The third-order valence-corrected chi connectivity index (χ3v) is 3.72. The average Bonchev–Trinajstić information content (AvgIpc) is 2.42. The molecule has 1 unspecified atom stereocenters. The maximum absolute atomic E-state index is 12.0. The van der Waals surface area contributed by atoms with Crippen molar-refractivity contribution >= 4 is 17.6 Å². The SMILES string of the molecule is COC(=O)C1=C(C)NC(C)=C(Cl)C1c1ccccc1. The minimum absolute atomic E-state index is 0.267. The highest BCUT2D eigenvalue weighted by Gasteiger charge is 2.32. The Morgan fingerprint density at radius 2 is 1.84 bits per heavy atom. The first kappa shape index (κ1) is 13.7. The van der Waals surface area contributed by atoms with Gasteiger partial charge in [-0.05, 0) is 19.4 Å². The minimum atomic E-state index is -0.357. The van der Waals surface area contributed by atoms with Crippen molar-refractivity contribution in [3.05, 3.63) is 57.9 Å². The van der Waals surface area contributed by atoms with Crippen LogP contribution in [0.4, 0.5) is 0 Å². The van der Waals surface area contributed by atoms with E-state index in [-0.39, 0.29) is 11.9 Å². The number of halogens is 1. The summed E-state index contributed by atoms with van der Waals surface area (Å²) in [6, 6.07) is 9.72. The number of dihydropyridines is 1. The Morgan fingerprint density at radius 1 is 1.21 bits per heavy atom. The lowest BCUT2D eigenvalue weighted by atomic mass is 9.86. The van der Waals surface area contributed by atoms with Gasteiger partial charge >= 0.3 is 5.97 Å². The van der Waals surface area contributed by atoms with Gasteiger partial charge in [-0.2, -0.15) is 0 Å². The zero-order chi connectivity index (χ0) is 14.0. The minimum Gasteiger partial charge on any atom is -0.466 e. The number of benzene rings is 1. The second-order valence-electron chi connectivity index (χ2n) is 4.47. The fourth-order valence-corrected chi connectivity index (χ4v) is 2.59. The molecule has 0 aromatic heterocycles. The molecule has 0 saturated carbocycles. The quantitative estimate of drug-likeness (QED) is 0.843. The van der Waals surface area contributed by atoms with Gasteiger partial charge < -0.3 is 10.1 Å². The summed E-state index contributed by atoms with van der Waals surface area (Å²) in [5, 5.41) is 3.74. The molecule has 0 amide bonds. The molecular formula is C15H16ClNO2. The van der Waals surface area contributed by atoms with Crippen LogP contribution in [0.1, 0.15) is 25.3 Å². The molecule has 0 saturated heterocycles. The topological polar surface area (TPSA) is 38.3 Å². The molecule has 0 spiro atoms. The van der Waals surface area contributed by atoms with Crippen molar-refractivity contribution in [3.63, 3.8) is 0 Å². The Bertz CT molecular complexity index is 561. The number of carbonyl (C=O) groups is 1. The molecular weight excluding hydrogens is 262 g/mol. The van der Waals surface area contributed by atoms with Gasteiger partial charge in [0, 0.05) is 16.4 Å². The molecule has 3 nitrogen and oxygen atoms in total. The summed E-state index contributed by atoms with van der Waals surface area (Å²) in [4.78, 5) is 12.0. The first-order valence-electron chi connectivity index (χ1n) is 6.03. The Morgan fingerprint density at radius 3 is 2.42 bits per heavy atom. The zero-order valence-electron chi connectivity index (χ0n) is 11.2. The molecule has 19 heavy (non-hydrogen) atoms. The number of esters is 1. The molecule has 1 aliphatic heterocycles. The summed E-state index contributed by atoms with van der Waals surface area (Å²) in [5.41, 5.74) is 3.18. The number of methoxy groups -OCH3 is 1. The van der Waals surface area contributed by atoms with Gasteiger partial charge in [-0.15, -0.1) is 0 Å². The summed E-state index contributed by atoms with van der Waals surface area (Å²) in [6.07, 6.45) is 0. The van der Waals surface area contributed by atoms with Crippen molar-refractivity contribution in [1.82, 2.24) is 5.32 Å². The van der Waals surface area contributed by atoms with Gasteiger partial charge in [0.25, 0.3) is 0 Å². The van der Waals surface area contributed by atoms with E-state index in [4.69, 9.17) is 16.3 Å². The summed E-state index contributed by atoms with van der Waals surface area (Å²) >= 11 is 6.40. The first-order valence-corrected chi connectivity index (χ1v) is 6.41. The number of nitrogens with one attached hydrogen (secondary N) is 1. The first-order chi connectivity index (χ1) is 9.06. The Balaban J connectivity index is 2.56. The van der Waals surface area contributed by atoms with Crippen LogP contribution in [0.5, 0.6) is 0 Å². The highest BCUT2D eigenvalue weighted by Crippen LogP contribution is 2.40. The zero-order valence-corrected chi connectivity index (χ0v) is 11.9. The van der Waals surface area contributed by atoms with E-state index in [9.17, 15) is 4.79 Å². The number of hydrogen-bond donors (Lipinski definition) is 1. The number of carbonyl (C=O) groups excluding carboxylic acids is 1. The lowest BCUT2D eigenvalue weighted by molar-refractivity contribution is -0.136. The molecule has 0 fully saturated rings. The van der Waals surface area contributed by atoms with Crippen LogP contribution in [0, 0.1) is 0 Å². The molecule has 2 rings (SSSR count). The van der Waals surface area contributed by atoms with Crippen molar-refractivity contribution in [2.24, 2.45) is 0 Å². The smallest absolute Gasteiger partial charge is 0.336 e. The van der Waals surface area contributed by atoms with E-state index in [2.05, 4.69) is 5.32 Å². The Labute approximate surface area is 117 Å². The summed E-state index contributed by atoms with van der Waals surface area (Å²) in [5.74, 6) is -0.624. The second kappa shape index (κ2) is 5.49. The monoisotopic (exact) mass is 277 g/mol. The van der Waals surface area contributed by atoms with E-state index in [0.717, 1.165) is 17.0 Å². The predicted molar refractivity (Wildman–Crippen MR) is 75.6 cm³/mol. The standard InChI is InChI=1S/C15H16ClNO2/c1-9-12(15(18)19-3)13(14(16)10(2)17-9)11-7-5-4-6-8-11/h4-8,13,17H,1-3H3. The molecule has 0 radical (unpaired) electrons. The van der Waals surface area contributed by atoms with E-state index in [1.165, 1.54) is 7.11 Å². The van der Waals surface area contributed by atoms with Gasteiger partial charge in [0.2, 0.25) is 0 Å². The maximum Gasteiger partial charge on any atom is 0.336 e. The van der Waals surface area contributed by atoms with E-state index in [1.54, 1.807) is 0 Å². The Kier molecular flexibility index (Phi) is 3.96. The van der Waals surface area contributed by atoms with Crippen molar-refractivity contribution in [2.45, 2.75) is 19.8 Å². The molecule has 1 aliphatic rings. The lowest BCUT2D eigenvalue weighted by Gasteiger charge is -2.28. The molecule has 1 heterocycles. The third kappa shape index (κ3) is 2.51. The summed E-state index contributed by atoms with van der Waals surface area (Å²) in [6.45, 7) is 3.75. The van der Waals surface area contributed by atoms with Gasteiger partial charge in [0.05, 0.1) is 18.6 Å². The second-order valence-corrected chi connectivity index (χ2v) is 4.88. The molecule has 100 valence electrons. The number of hydrogen-bond acceptors (Lipinski definition) is 3. The average molecular weight is 278 g/mol. The molecule has 4 heteroatoms. The molecule has 1 atom stereocenters. The van der Waals surface area contributed by atoms with Crippen molar-refractivity contribution < 1.29 is 9.53 Å². The fraction of sp³-hybridized carbons (Fsp3) is 0.267. The highest BCUT2D eigenvalue weighted by molar-refractivity contribution is 6.31. The van der Waals surface area contributed by atoms with Gasteiger partial charge in [0.1, 0.15) is 0 Å². The van der Waals surface area contributed by atoms with Gasteiger partial charge in [-0.25, -0.2) is 4.79 Å². The molecule has 1 N–H and O–H groups in total. The van der Waals surface area contributed by atoms with Crippen LogP contribution in [0.15, 0.2) is 52.3 Å². The molecule has 0 bridgehead atoms. The van der Waals surface area contributed by atoms with Gasteiger partial charge in [-0.3, -0.25) is 0 Å². The fourth-order valence-electron chi connectivity index (χ4n) is 2.31. The molecule has 1 aromatic carbocycles. The number of allylic oxidation sites excluding steroid dienone is 3. The van der Waals surface area contributed by atoms with Crippen LogP contribution >= 0.6 is 11.6 Å². The Hall–Kier alpha value is -1.74. The molecule has 1 aromatic rings. The molecule has 0 aliphatic carbocycles. The van der Waals surface area contributed by atoms with Crippen molar-refractivity contribution in [3.8, 4) is 0 Å². The van der Waals surface area contributed by atoms with Gasteiger partial charge in [0.15, 0.2) is 0 Å². The third-order valence-electron chi connectivity index (χ3n) is 3.22. The van der Waals surface area contributed by atoms with Crippen LogP contribution in [0.2, 0.25) is 0 Å². The van der Waals surface area contributed by atoms with Crippen molar-refractivity contribution in [2.75, 3.05) is 7.11 Å². The lowest BCUT2D eigenvalue weighted by Crippen LogP contribution is -2.27. The van der Waals surface area contributed by atoms with Gasteiger partial charge in [-0.1, -0.05) is 41.9 Å². The van der Waals surface area contributed by atoms with E-state index < -0.39 is 0 Å². The van der Waals surface area contributed by atoms with Crippen LogP contribution in [0.3, 0.4) is 0 Å². The predicted octanol–water partition coefficient (Wildman–Crippen LogP) is 3.29. The van der Waals surface area contributed by atoms with Crippen LogP contribution in [0.25, 0.3) is 0 Å². The van der Waals surface area contributed by atoms with E-state index in [1.807, 2.05) is 44.2 Å². The highest BCUT2D eigenvalue weighted by atomic mass is 35.5. The number of rotatable bonds is 2. The van der Waals surface area contributed by atoms with E-state index >= 15 is 0 Å². The van der Waals surface area contributed by atoms with Crippen LogP contribution < -0.4 is 5.32 Å². The summed E-state index contributed by atoms with van der Waals surface area (Å²) < 4.78 is 4.88.